The third kappa shape index (κ3) is 5.30. The monoisotopic (exact) mass is 320 g/mol. The van der Waals surface area contributed by atoms with Gasteiger partial charge in [-0.3, -0.25) is 9.79 Å². The molecule has 1 aromatic heterocycles. The molecule has 1 aliphatic heterocycles. The Labute approximate surface area is 138 Å². The van der Waals surface area contributed by atoms with Crippen LogP contribution in [0.1, 0.15) is 37.7 Å². The van der Waals surface area contributed by atoms with E-state index in [4.69, 9.17) is 4.42 Å². The average molecular weight is 320 g/mol. The number of likely N-dealkylation sites (tertiary alicyclic amines) is 1. The van der Waals surface area contributed by atoms with Crippen LogP contribution in [0.25, 0.3) is 0 Å². The number of hydrogen-bond acceptors (Lipinski definition) is 3. The van der Waals surface area contributed by atoms with Crippen molar-refractivity contribution in [2.45, 2.75) is 27.2 Å². The molecule has 0 radical (unpaired) electrons. The highest BCUT2D eigenvalue weighted by molar-refractivity contribution is 5.91. The van der Waals surface area contributed by atoms with Crippen molar-refractivity contribution in [2.24, 2.45) is 16.8 Å². The van der Waals surface area contributed by atoms with Gasteiger partial charge in [-0.2, -0.15) is 0 Å². The van der Waals surface area contributed by atoms with E-state index >= 15 is 0 Å². The van der Waals surface area contributed by atoms with Crippen molar-refractivity contribution in [3.63, 3.8) is 0 Å². The molecule has 2 rings (SSSR count). The highest BCUT2D eigenvalue weighted by Crippen LogP contribution is 2.20. The maximum atomic E-state index is 11.8. The van der Waals surface area contributed by atoms with Gasteiger partial charge in [0, 0.05) is 26.2 Å². The van der Waals surface area contributed by atoms with E-state index < -0.39 is 0 Å². The molecule has 6 nitrogen and oxygen atoms in total. The van der Waals surface area contributed by atoms with Gasteiger partial charge in [-0.1, -0.05) is 13.8 Å². The summed E-state index contributed by atoms with van der Waals surface area (Å²) >= 11 is 0. The van der Waals surface area contributed by atoms with Crippen LogP contribution in [0.2, 0.25) is 0 Å². The first-order valence-electron chi connectivity index (χ1n) is 8.45. The Bertz CT molecular complexity index is 503. The van der Waals surface area contributed by atoms with Crippen LogP contribution in [0.3, 0.4) is 0 Å². The van der Waals surface area contributed by atoms with E-state index in [0.29, 0.717) is 30.7 Å². The largest absolute Gasteiger partial charge is 0.459 e. The maximum absolute atomic E-state index is 11.8. The molecular formula is C17H28N4O2. The van der Waals surface area contributed by atoms with Gasteiger partial charge in [0.25, 0.3) is 5.91 Å². The van der Waals surface area contributed by atoms with Crippen LogP contribution in [0.4, 0.5) is 0 Å². The number of hydrogen-bond donors (Lipinski definition) is 2. The molecule has 1 amide bonds. The lowest BCUT2D eigenvalue weighted by atomic mass is 9.92. The molecule has 1 saturated heterocycles. The number of guanidine groups is 1. The van der Waals surface area contributed by atoms with Crippen LogP contribution in [0.5, 0.6) is 0 Å². The zero-order chi connectivity index (χ0) is 16.7. The van der Waals surface area contributed by atoms with Gasteiger partial charge in [0.15, 0.2) is 11.7 Å². The average Bonchev–Trinajstić information content (AvgIpc) is 3.03. The summed E-state index contributed by atoms with van der Waals surface area (Å²) in [5, 5.41) is 6.17. The lowest BCUT2D eigenvalue weighted by molar-refractivity contribution is 0.0927. The maximum Gasteiger partial charge on any atom is 0.287 e. The molecule has 0 bridgehead atoms. The standard InChI is InChI=1S/C17H28N4O2/c1-4-18-17(21-11-13(2)10-14(3)12-21)20-8-7-19-16(22)15-6-5-9-23-15/h5-6,9,13-14H,4,7-8,10-12H2,1-3H3,(H,18,20)(H,19,22). The minimum Gasteiger partial charge on any atom is -0.459 e. The molecule has 2 unspecified atom stereocenters. The molecule has 2 N–H and O–H groups in total. The second-order valence-corrected chi connectivity index (χ2v) is 6.32. The molecule has 23 heavy (non-hydrogen) atoms. The van der Waals surface area contributed by atoms with Crippen molar-refractivity contribution < 1.29 is 9.21 Å². The minimum atomic E-state index is -0.199. The Morgan fingerprint density at radius 1 is 1.35 bits per heavy atom. The normalized spacial score (nSPS) is 22.0. The van der Waals surface area contributed by atoms with Gasteiger partial charge in [0.05, 0.1) is 12.8 Å². The van der Waals surface area contributed by atoms with E-state index in [0.717, 1.165) is 25.6 Å². The Balaban J connectivity index is 1.84. The number of amides is 1. The Morgan fingerprint density at radius 2 is 2.09 bits per heavy atom. The fourth-order valence-electron chi connectivity index (χ4n) is 3.09. The van der Waals surface area contributed by atoms with Crippen molar-refractivity contribution in [1.29, 1.82) is 0 Å². The second kappa shape index (κ2) is 8.60. The molecule has 0 aromatic carbocycles. The highest BCUT2D eigenvalue weighted by atomic mass is 16.3. The Kier molecular flexibility index (Phi) is 6.50. The van der Waals surface area contributed by atoms with Gasteiger partial charge in [0.1, 0.15) is 0 Å². The molecule has 1 fully saturated rings. The number of piperidine rings is 1. The van der Waals surface area contributed by atoms with Crippen LogP contribution >= 0.6 is 0 Å². The summed E-state index contributed by atoms with van der Waals surface area (Å²) in [6, 6.07) is 3.36. The van der Waals surface area contributed by atoms with Crippen LogP contribution in [-0.2, 0) is 0 Å². The van der Waals surface area contributed by atoms with Crippen molar-refractivity contribution in [3.8, 4) is 0 Å². The van der Waals surface area contributed by atoms with Crippen molar-refractivity contribution >= 4 is 11.9 Å². The summed E-state index contributed by atoms with van der Waals surface area (Å²) in [4.78, 5) is 18.8. The Hall–Kier alpha value is -1.98. The quantitative estimate of drug-likeness (QED) is 0.494. The number of carbonyl (C=O) groups excluding carboxylic acids is 1. The number of nitrogens with zero attached hydrogens (tertiary/aromatic N) is 2. The van der Waals surface area contributed by atoms with Crippen LogP contribution in [-0.4, -0.2) is 49.5 Å². The van der Waals surface area contributed by atoms with E-state index in [1.165, 1.54) is 12.7 Å². The lowest BCUT2D eigenvalue weighted by Crippen LogP contribution is -2.48. The SMILES string of the molecule is CCNC(=NCCNC(=O)c1ccco1)N1CC(C)CC(C)C1. The summed E-state index contributed by atoms with van der Waals surface area (Å²) in [5.41, 5.74) is 0. The van der Waals surface area contributed by atoms with E-state index in [9.17, 15) is 4.79 Å². The molecule has 1 aromatic rings. The molecule has 0 spiro atoms. The van der Waals surface area contributed by atoms with Gasteiger partial charge < -0.3 is 20.0 Å². The first-order valence-corrected chi connectivity index (χ1v) is 8.45. The molecule has 0 aliphatic carbocycles. The third-order valence-electron chi connectivity index (χ3n) is 3.91. The van der Waals surface area contributed by atoms with E-state index in [1.807, 2.05) is 0 Å². The molecule has 2 heterocycles. The van der Waals surface area contributed by atoms with E-state index in [1.54, 1.807) is 12.1 Å². The number of nitrogens with one attached hydrogen (secondary N) is 2. The van der Waals surface area contributed by atoms with Crippen LogP contribution in [0, 0.1) is 11.8 Å². The van der Waals surface area contributed by atoms with Gasteiger partial charge in [-0.15, -0.1) is 0 Å². The first kappa shape index (κ1) is 17.4. The van der Waals surface area contributed by atoms with Crippen molar-refractivity contribution in [2.75, 3.05) is 32.7 Å². The number of rotatable bonds is 5. The predicted octanol–water partition coefficient (Wildman–Crippen LogP) is 1.95. The van der Waals surface area contributed by atoms with E-state index in [2.05, 4.69) is 41.3 Å². The minimum absolute atomic E-state index is 0.199. The summed E-state index contributed by atoms with van der Waals surface area (Å²) in [6.07, 6.45) is 2.77. The number of carbonyl (C=O) groups is 1. The smallest absolute Gasteiger partial charge is 0.287 e. The number of aliphatic imine (C=N–C) groups is 1. The van der Waals surface area contributed by atoms with Crippen molar-refractivity contribution in [1.82, 2.24) is 15.5 Å². The first-order chi connectivity index (χ1) is 11.1. The summed E-state index contributed by atoms with van der Waals surface area (Å²) < 4.78 is 5.06. The van der Waals surface area contributed by atoms with Crippen LogP contribution < -0.4 is 10.6 Å². The lowest BCUT2D eigenvalue weighted by Gasteiger charge is -2.37. The van der Waals surface area contributed by atoms with Gasteiger partial charge in [0.2, 0.25) is 0 Å². The van der Waals surface area contributed by atoms with Gasteiger partial charge >= 0.3 is 0 Å². The summed E-state index contributed by atoms with van der Waals surface area (Å²) in [6.45, 7) is 10.6. The second-order valence-electron chi connectivity index (χ2n) is 6.32. The Morgan fingerprint density at radius 3 is 2.70 bits per heavy atom. The molecule has 6 heteroatoms. The van der Waals surface area contributed by atoms with Crippen LogP contribution in [0.15, 0.2) is 27.8 Å². The molecule has 128 valence electrons. The fourth-order valence-corrected chi connectivity index (χ4v) is 3.09. The molecule has 2 atom stereocenters. The zero-order valence-electron chi connectivity index (χ0n) is 14.3. The highest BCUT2D eigenvalue weighted by Gasteiger charge is 2.23. The van der Waals surface area contributed by atoms with Gasteiger partial charge in [-0.05, 0) is 37.3 Å². The number of furan rings is 1. The summed E-state index contributed by atoms with van der Waals surface area (Å²) in [5.74, 6) is 2.44. The molecule has 1 aliphatic rings. The third-order valence-corrected chi connectivity index (χ3v) is 3.91. The van der Waals surface area contributed by atoms with Gasteiger partial charge in [-0.25, -0.2) is 0 Å². The fraction of sp³-hybridized carbons (Fsp3) is 0.647. The predicted molar refractivity (Wildman–Crippen MR) is 91.5 cm³/mol. The zero-order valence-corrected chi connectivity index (χ0v) is 14.3. The summed E-state index contributed by atoms with van der Waals surface area (Å²) in [7, 11) is 0. The molecule has 0 saturated carbocycles. The topological polar surface area (TPSA) is 69.9 Å². The van der Waals surface area contributed by atoms with Crippen molar-refractivity contribution in [3.05, 3.63) is 24.2 Å². The van der Waals surface area contributed by atoms with E-state index in [-0.39, 0.29) is 5.91 Å². The molecular weight excluding hydrogens is 292 g/mol.